The smallest absolute Gasteiger partial charge is 0.460 e. The van der Waals surface area contributed by atoms with Crippen molar-refractivity contribution < 1.29 is 41.4 Å². The maximum atomic E-state index is 14.3. The Balaban J connectivity index is 1.70. The molecule has 36 heavy (non-hydrogen) atoms. The predicted octanol–water partition coefficient (Wildman–Crippen LogP) is 3.38. The van der Waals surface area contributed by atoms with Crippen molar-refractivity contribution in [3.8, 4) is 5.75 Å². The lowest BCUT2D eigenvalue weighted by molar-refractivity contribution is -0.274. The molecule has 1 saturated carbocycles. The van der Waals surface area contributed by atoms with Gasteiger partial charge in [-0.3, -0.25) is 4.79 Å². The molecule has 0 bridgehead atoms. The number of esters is 1. The van der Waals surface area contributed by atoms with Crippen LogP contribution >= 0.6 is 0 Å². The van der Waals surface area contributed by atoms with Crippen LogP contribution in [0.5, 0.6) is 5.75 Å². The van der Waals surface area contributed by atoms with Gasteiger partial charge >= 0.3 is 24.4 Å². The Labute approximate surface area is 206 Å². The topological polar surface area (TPSA) is 100 Å². The number of nitrogens with one attached hydrogen (secondary N) is 2. The standard InChI is InChI=1S/C23H30F4N4O5/c1-13(2)20(32)35-18-8-16(11-30(12-18)21(33)28-3)31(15-5-6-15)22(34)29-10-14-4-7-17(9-19(14)24)36-23(25,26)27/h4,7,9,13,15-16,18H,5-6,8,10-12H2,1-3H3,(H,28,33)(H,29,34). The summed E-state index contributed by atoms with van der Waals surface area (Å²) in [6, 6.07) is 1.24. The molecule has 4 amide bonds. The first-order chi connectivity index (χ1) is 16.9. The summed E-state index contributed by atoms with van der Waals surface area (Å²) in [5.74, 6) is -2.43. The Morgan fingerprint density at radius 1 is 1.17 bits per heavy atom. The second-order valence-corrected chi connectivity index (χ2v) is 9.16. The number of hydrogen-bond donors (Lipinski definition) is 2. The van der Waals surface area contributed by atoms with E-state index in [-0.39, 0.29) is 43.2 Å². The van der Waals surface area contributed by atoms with E-state index in [2.05, 4.69) is 15.4 Å². The lowest BCUT2D eigenvalue weighted by atomic mass is 10.0. The number of likely N-dealkylation sites (tertiary alicyclic amines) is 1. The Morgan fingerprint density at radius 3 is 2.42 bits per heavy atom. The highest BCUT2D eigenvalue weighted by Crippen LogP contribution is 2.32. The van der Waals surface area contributed by atoms with E-state index in [1.807, 2.05) is 0 Å². The quantitative estimate of drug-likeness (QED) is 0.426. The molecular formula is C23H30F4N4O5. The predicted molar refractivity (Wildman–Crippen MR) is 119 cm³/mol. The Kier molecular flexibility index (Phi) is 8.51. The molecule has 200 valence electrons. The number of piperidine rings is 1. The Bertz CT molecular complexity index is 970. The first-order valence-electron chi connectivity index (χ1n) is 11.7. The molecule has 2 unspecified atom stereocenters. The second-order valence-electron chi connectivity index (χ2n) is 9.16. The van der Waals surface area contributed by atoms with Crippen LogP contribution in [-0.4, -0.2) is 72.5 Å². The zero-order valence-electron chi connectivity index (χ0n) is 20.2. The van der Waals surface area contributed by atoms with E-state index in [0.717, 1.165) is 25.0 Å². The molecule has 2 N–H and O–H groups in total. The van der Waals surface area contributed by atoms with Crippen LogP contribution in [0.15, 0.2) is 18.2 Å². The van der Waals surface area contributed by atoms with Crippen LogP contribution in [0.25, 0.3) is 0 Å². The highest BCUT2D eigenvalue weighted by molar-refractivity contribution is 5.77. The van der Waals surface area contributed by atoms with Crippen LogP contribution in [0.1, 0.15) is 38.7 Å². The lowest BCUT2D eigenvalue weighted by Crippen LogP contribution is -2.59. The van der Waals surface area contributed by atoms with E-state index in [4.69, 9.17) is 4.74 Å². The molecule has 2 atom stereocenters. The van der Waals surface area contributed by atoms with Gasteiger partial charge in [-0.2, -0.15) is 0 Å². The number of amides is 4. The van der Waals surface area contributed by atoms with E-state index in [1.165, 1.54) is 11.9 Å². The number of urea groups is 2. The first-order valence-corrected chi connectivity index (χ1v) is 11.7. The zero-order valence-corrected chi connectivity index (χ0v) is 20.2. The summed E-state index contributed by atoms with van der Waals surface area (Å²) in [4.78, 5) is 40.7. The number of alkyl halides is 3. The van der Waals surface area contributed by atoms with Gasteiger partial charge in [0.25, 0.3) is 0 Å². The van der Waals surface area contributed by atoms with Crippen LogP contribution in [-0.2, 0) is 16.1 Å². The van der Waals surface area contributed by atoms with Crippen LogP contribution in [0.3, 0.4) is 0 Å². The number of halogens is 4. The summed E-state index contributed by atoms with van der Waals surface area (Å²) in [5, 5.41) is 5.16. The second kappa shape index (κ2) is 11.2. The fraction of sp³-hybridized carbons (Fsp3) is 0.609. The fourth-order valence-corrected chi connectivity index (χ4v) is 4.05. The number of ether oxygens (including phenoxy) is 2. The van der Waals surface area contributed by atoms with Gasteiger partial charge in [-0.05, 0) is 18.9 Å². The number of nitrogens with zero attached hydrogens (tertiary/aromatic N) is 2. The van der Waals surface area contributed by atoms with Crippen molar-refractivity contribution in [3.63, 3.8) is 0 Å². The molecule has 1 heterocycles. The highest BCUT2D eigenvalue weighted by atomic mass is 19.4. The van der Waals surface area contributed by atoms with Gasteiger partial charge in [0, 0.05) is 44.2 Å². The van der Waals surface area contributed by atoms with Gasteiger partial charge in [-0.25, -0.2) is 14.0 Å². The average Bonchev–Trinajstić information content (AvgIpc) is 3.61. The molecule has 2 aliphatic rings. The van der Waals surface area contributed by atoms with Gasteiger partial charge in [-0.15, -0.1) is 13.2 Å². The normalized spacial score (nSPS) is 20.1. The summed E-state index contributed by atoms with van der Waals surface area (Å²) < 4.78 is 60.6. The van der Waals surface area contributed by atoms with Crippen molar-refractivity contribution in [2.45, 2.75) is 64.2 Å². The minimum absolute atomic E-state index is 0.0204. The minimum atomic E-state index is -4.95. The highest BCUT2D eigenvalue weighted by Gasteiger charge is 2.43. The lowest BCUT2D eigenvalue weighted by Gasteiger charge is -2.42. The summed E-state index contributed by atoms with van der Waals surface area (Å²) in [6.45, 7) is 3.54. The van der Waals surface area contributed by atoms with Gasteiger partial charge in [0.05, 0.1) is 18.5 Å². The number of rotatable bonds is 7. The number of benzene rings is 1. The number of hydrogen-bond acceptors (Lipinski definition) is 5. The Morgan fingerprint density at radius 2 is 1.86 bits per heavy atom. The molecule has 9 nitrogen and oxygen atoms in total. The third-order valence-corrected chi connectivity index (χ3v) is 5.90. The van der Waals surface area contributed by atoms with Crippen molar-refractivity contribution in [1.29, 1.82) is 0 Å². The number of carbonyl (C=O) groups is 3. The first kappa shape index (κ1) is 27.3. The van der Waals surface area contributed by atoms with E-state index < -0.39 is 42.1 Å². The van der Waals surface area contributed by atoms with Crippen LogP contribution < -0.4 is 15.4 Å². The molecule has 1 aliphatic heterocycles. The van der Waals surface area contributed by atoms with Crippen LogP contribution in [0.4, 0.5) is 27.2 Å². The molecule has 1 aromatic carbocycles. The zero-order chi connectivity index (χ0) is 26.6. The van der Waals surface area contributed by atoms with Crippen LogP contribution in [0.2, 0.25) is 0 Å². The third-order valence-electron chi connectivity index (χ3n) is 5.90. The van der Waals surface area contributed by atoms with Crippen LogP contribution in [0, 0.1) is 11.7 Å². The Hall–Kier alpha value is -3.25. The largest absolute Gasteiger partial charge is 0.573 e. The van der Waals surface area contributed by atoms with Crippen molar-refractivity contribution in [3.05, 3.63) is 29.6 Å². The SMILES string of the molecule is CNC(=O)N1CC(OC(=O)C(C)C)CC(N(C(=O)NCc2ccc(OC(F)(F)F)cc2F)C2CC2)C1. The third kappa shape index (κ3) is 7.37. The van der Waals surface area contributed by atoms with E-state index in [0.29, 0.717) is 12.5 Å². The van der Waals surface area contributed by atoms with Gasteiger partial charge in [0.15, 0.2) is 0 Å². The fourth-order valence-electron chi connectivity index (χ4n) is 4.05. The van der Waals surface area contributed by atoms with Gasteiger partial charge < -0.3 is 29.9 Å². The molecule has 1 saturated heterocycles. The molecule has 0 aromatic heterocycles. The van der Waals surface area contributed by atoms with Gasteiger partial charge in [-0.1, -0.05) is 19.9 Å². The summed E-state index contributed by atoms with van der Waals surface area (Å²) in [7, 11) is 1.48. The van der Waals surface area contributed by atoms with E-state index >= 15 is 0 Å². The molecule has 2 fully saturated rings. The molecule has 3 rings (SSSR count). The summed E-state index contributed by atoms with van der Waals surface area (Å²) in [6.07, 6.45) is -3.73. The monoisotopic (exact) mass is 518 g/mol. The maximum absolute atomic E-state index is 14.3. The molecular weight excluding hydrogens is 488 g/mol. The molecule has 1 aliphatic carbocycles. The number of carbonyl (C=O) groups excluding carboxylic acids is 3. The summed E-state index contributed by atoms with van der Waals surface area (Å²) in [5.41, 5.74) is -0.0204. The molecule has 0 spiro atoms. The van der Waals surface area contributed by atoms with Crippen molar-refractivity contribution in [2.24, 2.45) is 5.92 Å². The summed E-state index contributed by atoms with van der Waals surface area (Å²) >= 11 is 0. The van der Waals surface area contributed by atoms with Gasteiger partial charge in [0.2, 0.25) is 0 Å². The average molecular weight is 519 g/mol. The molecule has 0 radical (unpaired) electrons. The maximum Gasteiger partial charge on any atom is 0.573 e. The van der Waals surface area contributed by atoms with Crippen molar-refractivity contribution in [2.75, 3.05) is 20.1 Å². The molecule has 13 heteroatoms. The minimum Gasteiger partial charge on any atom is -0.460 e. The van der Waals surface area contributed by atoms with E-state index in [9.17, 15) is 31.9 Å². The van der Waals surface area contributed by atoms with E-state index in [1.54, 1.807) is 18.7 Å². The van der Waals surface area contributed by atoms with Gasteiger partial charge in [0.1, 0.15) is 17.7 Å². The van der Waals surface area contributed by atoms with Crippen molar-refractivity contribution >= 4 is 18.0 Å². The molecule has 1 aromatic rings. The van der Waals surface area contributed by atoms with Crippen molar-refractivity contribution in [1.82, 2.24) is 20.4 Å².